The number of anilines is 1. The van der Waals surface area contributed by atoms with Gasteiger partial charge in [0, 0.05) is 50.8 Å². The molecule has 4 heterocycles. The molecular weight excluding hydrogens is 473 g/mol. The minimum atomic E-state index is -4.45. The van der Waals surface area contributed by atoms with Crippen LogP contribution in [0.4, 0.5) is 19.1 Å². The molecule has 0 saturated carbocycles. The summed E-state index contributed by atoms with van der Waals surface area (Å²) in [4.78, 5) is 24.3. The van der Waals surface area contributed by atoms with Crippen molar-refractivity contribution in [3.63, 3.8) is 0 Å². The van der Waals surface area contributed by atoms with Crippen LogP contribution in [0.25, 0.3) is 11.0 Å². The Morgan fingerprint density at radius 2 is 1.97 bits per heavy atom. The van der Waals surface area contributed by atoms with Gasteiger partial charge in [0.25, 0.3) is 0 Å². The number of halogens is 3. The summed E-state index contributed by atoms with van der Waals surface area (Å²) in [5.41, 5.74) is 1.49. The minimum Gasteiger partial charge on any atom is -0.457 e. The van der Waals surface area contributed by atoms with Gasteiger partial charge in [-0.05, 0) is 38.5 Å². The van der Waals surface area contributed by atoms with Crippen LogP contribution in [0.5, 0.6) is 11.5 Å². The van der Waals surface area contributed by atoms with Crippen molar-refractivity contribution in [3.05, 3.63) is 59.4 Å². The lowest BCUT2D eigenvalue weighted by Crippen LogP contribution is -2.34. The number of rotatable bonds is 6. The summed E-state index contributed by atoms with van der Waals surface area (Å²) in [6, 6.07) is 8.68. The highest BCUT2D eigenvalue weighted by Crippen LogP contribution is 2.35. The first-order valence-corrected chi connectivity index (χ1v) is 11.6. The Labute approximate surface area is 205 Å². The molecule has 36 heavy (non-hydrogen) atoms. The first-order valence-electron chi connectivity index (χ1n) is 11.6. The molecule has 11 heteroatoms. The Morgan fingerprint density at radius 3 is 2.72 bits per heavy atom. The minimum absolute atomic E-state index is 0.0102. The van der Waals surface area contributed by atoms with Crippen molar-refractivity contribution in [1.82, 2.24) is 24.1 Å². The lowest BCUT2D eigenvalue weighted by Gasteiger charge is -2.27. The van der Waals surface area contributed by atoms with E-state index in [4.69, 9.17) is 4.74 Å². The molecule has 0 fully saturated rings. The molecule has 0 bridgehead atoms. The van der Waals surface area contributed by atoms with Gasteiger partial charge in [-0.25, -0.2) is 9.97 Å². The lowest BCUT2D eigenvalue weighted by molar-refractivity contribution is -0.144. The number of Topliss-reactive ketones (excluding diaryl/α,β-unsaturated/α-hetero) is 1. The fourth-order valence-corrected chi connectivity index (χ4v) is 4.66. The summed E-state index contributed by atoms with van der Waals surface area (Å²) >= 11 is 0. The van der Waals surface area contributed by atoms with Crippen LogP contribution in [-0.2, 0) is 37.4 Å². The summed E-state index contributed by atoms with van der Waals surface area (Å²) in [6.07, 6.45) is -1.52. The van der Waals surface area contributed by atoms with Gasteiger partial charge in [-0.15, -0.1) is 0 Å². The molecule has 1 N–H and O–H groups in total. The van der Waals surface area contributed by atoms with Gasteiger partial charge in [0.2, 0.25) is 5.95 Å². The number of carbonyl (C=O) groups is 1. The standard InChI is InChI=1S/C25H25F3N6O2/c1-14(35)10-17-11-19(8-9-29-17)36-18-5-6-20-21(12-18)33(3)24(32-20)31-16-4-7-22-30-15(2)23(25(26,27)28)34(22)13-16/h5-6,8-9,11-12,16H,4,7,10,13H2,1-3H3,(H,31,32)/t16-/m1/s1. The number of ketones is 1. The molecule has 0 spiro atoms. The van der Waals surface area contributed by atoms with E-state index in [1.54, 1.807) is 24.4 Å². The van der Waals surface area contributed by atoms with Gasteiger partial charge in [-0.2, -0.15) is 13.2 Å². The van der Waals surface area contributed by atoms with Crippen LogP contribution in [0.1, 0.15) is 36.3 Å². The van der Waals surface area contributed by atoms with Crippen molar-refractivity contribution in [2.24, 2.45) is 7.05 Å². The van der Waals surface area contributed by atoms with Crippen LogP contribution in [0.15, 0.2) is 36.5 Å². The first kappa shape index (κ1) is 23.8. The van der Waals surface area contributed by atoms with Crippen molar-refractivity contribution in [1.29, 1.82) is 0 Å². The van der Waals surface area contributed by atoms with Gasteiger partial charge < -0.3 is 19.2 Å². The number of ether oxygens (including phenoxy) is 1. The highest BCUT2D eigenvalue weighted by molar-refractivity contribution is 5.80. The van der Waals surface area contributed by atoms with E-state index in [0.29, 0.717) is 41.8 Å². The number of hydrogen-bond donors (Lipinski definition) is 1. The van der Waals surface area contributed by atoms with Crippen LogP contribution < -0.4 is 10.1 Å². The van der Waals surface area contributed by atoms with Gasteiger partial charge in [0.15, 0.2) is 0 Å². The first-order chi connectivity index (χ1) is 17.1. The summed E-state index contributed by atoms with van der Waals surface area (Å²) in [5.74, 6) is 2.20. The number of hydrogen-bond acceptors (Lipinski definition) is 6. The van der Waals surface area contributed by atoms with E-state index in [9.17, 15) is 18.0 Å². The second-order valence-corrected chi connectivity index (χ2v) is 9.06. The monoisotopic (exact) mass is 498 g/mol. The average Bonchev–Trinajstić information content (AvgIpc) is 3.29. The number of alkyl halides is 3. The van der Waals surface area contributed by atoms with Crippen molar-refractivity contribution < 1.29 is 22.7 Å². The number of carbonyl (C=O) groups excluding carboxylic acids is 1. The Morgan fingerprint density at radius 1 is 1.19 bits per heavy atom. The van der Waals surface area contributed by atoms with Gasteiger partial charge in [0.05, 0.1) is 22.4 Å². The van der Waals surface area contributed by atoms with Crippen molar-refractivity contribution in [2.45, 2.75) is 51.9 Å². The van der Waals surface area contributed by atoms with E-state index in [1.807, 2.05) is 23.7 Å². The maximum atomic E-state index is 13.6. The number of pyridine rings is 1. The second kappa shape index (κ2) is 8.96. The van der Waals surface area contributed by atoms with E-state index < -0.39 is 11.9 Å². The van der Waals surface area contributed by atoms with Crippen LogP contribution in [0.3, 0.4) is 0 Å². The summed E-state index contributed by atoms with van der Waals surface area (Å²) in [5, 5.41) is 3.32. The molecule has 1 aliphatic heterocycles. The molecule has 0 unspecified atom stereocenters. The smallest absolute Gasteiger partial charge is 0.433 e. The topological polar surface area (TPSA) is 86.9 Å². The maximum absolute atomic E-state index is 13.6. The van der Waals surface area contributed by atoms with E-state index in [0.717, 1.165) is 11.0 Å². The number of aryl methyl sites for hydroxylation is 3. The van der Waals surface area contributed by atoms with Gasteiger partial charge in [-0.1, -0.05) is 0 Å². The Balaban J connectivity index is 1.35. The fraction of sp³-hybridized carbons (Fsp3) is 0.360. The fourth-order valence-electron chi connectivity index (χ4n) is 4.66. The van der Waals surface area contributed by atoms with E-state index >= 15 is 0 Å². The zero-order valence-corrected chi connectivity index (χ0v) is 20.1. The normalized spacial score (nSPS) is 15.7. The number of aromatic nitrogens is 5. The average molecular weight is 499 g/mol. The van der Waals surface area contributed by atoms with Gasteiger partial charge in [-0.3, -0.25) is 9.78 Å². The van der Waals surface area contributed by atoms with Crippen LogP contribution in [0, 0.1) is 6.92 Å². The van der Waals surface area contributed by atoms with E-state index in [2.05, 4.69) is 20.3 Å². The molecule has 0 aliphatic carbocycles. The molecule has 3 aromatic heterocycles. The third-order valence-corrected chi connectivity index (χ3v) is 6.25. The Bertz CT molecular complexity index is 1460. The SMILES string of the molecule is CC(=O)Cc1cc(Oc2ccc3nc(N[C@@H]4CCc5nc(C)c(C(F)(F)F)n5C4)n(C)c3c2)ccn1. The van der Waals surface area contributed by atoms with Crippen molar-refractivity contribution in [2.75, 3.05) is 5.32 Å². The number of benzene rings is 1. The molecule has 8 nitrogen and oxygen atoms in total. The van der Waals surface area contributed by atoms with Gasteiger partial charge >= 0.3 is 6.18 Å². The molecule has 0 saturated heterocycles. The third-order valence-electron chi connectivity index (χ3n) is 6.25. The molecule has 1 atom stereocenters. The highest BCUT2D eigenvalue weighted by Gasteiger charge is 2.40. The number of nitrogens with one attached hydrogen (secondary N) is 1. The molecule has 0 amide bonds. The quantitative estimate of drug-likeness (QED) is 0.409. The van der Waals surface area contributed by atoms with E-state index in [-0.39, 0.29) is 30.5 Å². The summed E-state index contributed by atoms with van der Waals surface area (Å²) < 4.78 is 49.8. The molecule has 5 rings (SSSR count). The van der Waals surface area contributed by atoms with Crippen LogP contribution in [0.2, 0.25) is 0 Å². The molecule has 1 aromatic carbocycles. The molecule has 188 valence electrons. The Hall–Kier alpha value is -3.89. The molecule has 4 aromatic rings. The molecule has 1 aliphatic rings. The number of imidazole rings is 2. The van der Waals surface area contributed by atoms with Crippen LogP contribution in [-0.4, -0.2) is 35.9 Å². The third kappa shape index (κ3) is 4.65. The van der Waals surface area contributed by atoms with E-state index in [1.165, 1.54) is 18.4 Å². The molecule has 0 radical (unpaired) electrons. The Kier molecular flexibility index (Phi) is 5.93. The number of nitrogens with zero attached hydrogens (tertiary/aromatic N) is 5. The second-order valence-electron chi connectivity index (χ2n) is 9.06. The summed E-state index contributed by atoms with van der Waals surface area (Å²) in [6.45, 7) is 3.07. The van der Waals surface area contributed by atoms with Crippen molar-refractivity contribution >= 4 is 22.8 Å². The van der Waals surface area contributed by atoms with Crippen LogP contribution >= 0.6 is 0 Å². The highest BCUT2D eigenvalue weighted by atomic mass is 19.4. The lowest BCUT2D eigenvalue weighted by atomic mass is 10.1. The van der Waals surface area contributed by atoms with Gasteiger partial charge in [0.1, 0.15) is 28.8 Å². The number of fused-ring (bicyclic) bond motifs is 2. The largest absolute Gasteiger partial charge is 0.457 e. The maximum Gasteiger partial charge on any atom is 0.433 e. The predicted octanol–water partition coefficient (Wildman–Crippen LogP) is 4.84. The predicted molar refractivity (Wildman–Crippen MR) is 127 cm³/mol. The zero-order valence-electron chi connectivity index (χ0n) is 20.1. The van der Waals surface area contributed by atoms with Crippen molar-refractivity contribution in [3.8, 4) is 11.5 Å². The molecular formula is C25H25F3N6O2. The summed E-state index contributed by atoms with van der Waals surface area (Å²) in [7, 11) is 1.84. The zero-order chi connectivity index (χ0) is 25.6.